The van der Waals surface area contributed by atoms with Crippen molar-refractivity contribution in [3.63, 3.8) is 0 Å². The van der Waals surface area contributed by atoms with Crippen LogP contribution in [0.25, 0.3) is 11.3 Å². The van der Waals surface area contributed by atoms with Crippen LogP contribution < -0.4 is 5.32 Å². The highest BCUT2D eigenvalue weighted by atomic mass is 16.5. The van der Waals surface area contributed by atoms with E-state index in [-0.39, 0.29) is 6.61 Å². The van der Waals surface area contributed by atoms with Gasteiger partial charge in [-0.2, -0.15) is 0 Å². The minimum atomic E-state index is -1.04. The van der Waals surface area contributed by atoms with Crippen LogP contribution in [0, 0.1) is 6.92 Å². The van der Waals surface area contributed by atoms with E-state index in [1.807, 2.05) is 31.2 Å². The van der Waals surface area contributed by atoms with E-state index in [9.17, 15) is 10.2 Å². The molecule has 4 N–H and O–H groups in total. The van der Waals surface area contributed by atoms with Crippen LogP contribution in [0.4, 0.5) is 0 Å². The third-order valence-corrected chi connectivity index (χ3v) is 3.88. The number of aliphatic hydroxyl groups is 3. The van der Waals surface area contributed by atoms with E-state index >= 15 is 0 Å². The lowest BCUT2D eigenvalue weighted by Gasteiger charge is -2.12. The molecule has 2 aromatic rings. The van der Waals surface area contributed by atoms with E-state index in [0.717, 1.165) is 11.1 Å². The highest BCUT2D eigenvalue weighted by molar-refractivity contribution is 5.59. The van der Waals surface area contributed by atoms with E-state index in [1.54, 1.807) is 6.07 Å². The van der Waals surface area contributed by atoms with Gasteiger partial charge in [0.25, 0.3) is 0 Å². The number of hydrogen-bond donors (Lipinski definition) is 4. The molecule has 0 radical (unpaired) electrons. The van der Waals surface area contributed by atoms with Crippen LogP contribution in [-0.2, 0) is 0 Å². The molecule has 0 aliphatic carbocycles. The summed E-state index contributed by atoms with van der Waals surface area (Å²) in [5, 5.41) is 35.9. The molecule has 0 bridgehead atoms. The summed E-state index contributed by atoms with van der Waals surface area (Å²) in [5.41, 5.74) is 2.74. The summed E-state index contributed by atoms with van der Waals surface area (Å²) < 4.78 is 5.28. The van der Waals surface area contributed by atoms with Crippen LogP contribution in [0.3, 0.4) is 0 Å². The summed E-state index contributed by atoms with van der Waals surface area (Å²) >= 11 is 0. The predicted molar refractivity (Wildman–Crippen MR) is 75.4 cm³/mol. The second kappa shape index (κ2) is 5.57. The van der Waals surface area contributed by atoms with Crippen LogP contribution >= 0.6 is 0 Å². The highest BCUT2D eigenvalue weighted by Gasteiger charge is 2.43. The standard InChI is InChI=1S/C15H18N2O4/c1-8-2-4-9(5-3-8)10-6-12(21-17-10)13-15(20)14(19)11(7-18)16-13/h2-6,11,13-16,18-20H,7H2,1H3/t11-,13-,14-,15-/m1/s1. The number of aryl methyl sites for hydroxylation is 1. The topological polar surface area (TPSA) is 98.8 Å². The maximum atomic E-state index is 10.0. The molecule has 1 aromatic heterocycles. The molecular weight excluding hydrogens is 272 g/mol. The van der Waals surface area contributed by atoms with Crippen LogP contribution in [-0.4, -0.2) is 45.3 Å². The lowest BCUT2D eigenvalue weighted by molar-refractivity contribution is 0.0166. The summed E-state index contributed by atoms with van der Waals surface area (Å²) in [5.74, 6) is 0.438. The molecule has 0 unspecified atom stereocenters. The number of benzene rings is 1. The summed E-state index contributed by atoms with van der Waals surface area (Å²) in [6, 6.07) is 8.44. The predicted octanol–water partition coefficient (Wildman–Crippen LogP) is 0.377. The van der Waals surface area contributed by atoms with Crippen molar-refractivity contribution >= 4 is 0 Å². The summed E-state index contributed by atoms with van der Waals surface area (Å²) in [4.78, 5) is 0. The SMILES string of the molecule is Cc1ccc(-c2cc([C@H]3N[C@H](CO)[C@@H](O)[C@@H]3O)on2)cc1. The van der Waals surface area contributed by atoms with Crippen LogP contribution in [0.2, 0.25) is 0 Å². The van der Waals surface area contributed by atoms with Gasteiger partial charge in [-0.25, -0.2) is 0 Å². The number of nitrogens with zero attached hydrogens (tertiary/aromatic N) is 1. The lowest BCUT2D eigenvalue weighted by atomic mass is 10.0. The molecule has 1 aromatic carbocycles. The largest absolute Gasteiger partial charge is 0.395 e. The van der Waals surface area contributed by atoms with Crippen molar-refractivity contribution < 1.29 is 19.8 Å². The van der Waals surface area contributed by atoms with E-state index in [2.05, 4.69) is 10.5 Å². The molecule has 6 heteroatoms. The molecule has 0 spiro atoms. The first-order chi connectivity index (χ1) is 10.1. The molecule has 1 aliphatic heterocycles. The molecule has 112 valence electrons. The fourth-order valence-corrected chi connectivity index (χ4v) is 2.57. The number of nitrogens with one attached hydrogen (secondary N) is 1. The first kappa shape index (κ1) is 14.2. The summed E-state index contributed by atoms with van der Waals surface area (Å²) in [6.07, 6.45) is -2.08. The van der Waals surface area contributed by atoms with E-state index in [0.29, 0.717) is 11.5 Å². The molecule has 6 nitrogen and oxygen atoms in total. The number of rotatable bonds is 3. The average molecular weight is 290 g/mol. The van der Waals surface area contributed by atoms with E-state index in [1.165, 1.54) is 0 Å². The number of hydrogen-bond acceptors (Lipinski definition) is 6. The number of aliphatic hydroxyl groups excluding tert-OH is 3. The summed E-state index contributed by atoms with van der Waals surface area (Å²) in [7, 11) is 0. The Kier molecular flexibility index (Phi) is 3.77. The first-order valence-electron chi connectivity index (χ1n) is 6.87. The third-order valence-electron chi connectivity index (χ3n) is 3.88. The third kappa shape index (κ3) is 2.58. The smallest absolute Gasteiger partial charge is 0.157 e. The van der Waals surface area contributed by atoms with Crippen LogP contribution in [0.15, 0.2) is 34.9 Å². The van der Waals surface area contributed by atoms with Gasteiger partial charge in [0.05, 0.1) is 24.8 Å². The Morgan fingerprint density at radius 3 is 2.52 bits per heavy atom. The van der Waals surface area contributed by atoms with Gasteiger partial charge in [0.15, 0.2) is 5.76 Å². The van der Waals surface area contributed by atoms with Crippen molar-refractivity contribution in [3.8, 4) is 11.3 Å². The fraction of sp³-hybridized carbons (Fsp3) is 0.400. The normalized spacial score (nSPS) is 29.0. The van der Waals surface area contributed by atoms with Gasteiger partial charge in [-0.1, -0.05) is 35.0 Å². The lowest BCUT2D eigenvalue weighted by Crippen LogP contribution is -2.35. The molecule has 1 aliphatic rings. The Bertz CT molecular complexity index is 610. The van der Waals surface area contributed by atoms with Crippen molar-refractivity contribution in [1.29, 1.82) is 0 Å². The van der Waals surface area contributed by atoms with Crippen LogP contribution in [0.1, 0.15) is 17.4 Å². The van der Waals surface area contributed by atoms with Crippen molar-refractivity contribution in [1.82, 2.24) is 10.5 Å². The Balaban J connectivity index is 1.84. The van der Waals surface area contributed by atoms with Gasteiger partial charge < -0.3 is 19.8 Å². The zero-order chi connectivity index (χ0) is 15.0. The van der Waals surface area contributed by atoms with Gasteiger partial charge in [-0.15, -0.1) is 0 Å². The molecule has 1 fully saturated rings. The molecule has 3 rings (SSSR count). The molecule has 0 saturated carbocycles. The van der Waals surface area contributed by atoms with Gasteiger partial charge in [-0.05, 0) is 6.92 Å². The van der Waals surface area contributed by atoms with Gasteiger partial charge in [-0.3, -0.25) is 5.32 Å². The van der Waals surface area contributed by atoms with Crippen molar-refractivity contribution in [2.75, 3.05) is 6.61 Å². The Morgan fingerprint density at radius 1 is 1.19 bits per heavy atom. The van der Waals surface area contributed by atoms with Gasteiger partial charge in [0.2, 0.25) is 0 Å². The first-order valence-corrected chi connectivity index (χ1v) is 6.87. The maximum Gasteiger partial charge on any atom is 0.157 e. The van der Waals surface area contributed by atoms with Gasteiger partial charge in [0.1, 0.15) is 11.8 Å². The quantitative estimate of drug-likeness (QED) is 0.652. The minimum absolute atomic E-state index is 0.256. The van der Waals surface area contributed by atoms with Crippen LogP contribution in [0.5, 0.6) is 0 Å². The second-order valence-corrected chi connectivity index (χ2v) is 5.40. The van der Waals surface area contributed by atoms with Crippen molar-refractivity contribution in [2.24, 2.45) is 0 Å². The summed E-state index contributed by atoms with van der Waals surface area (Å²) in [6.45, 7) is 1.75. The Hall–Kier alpha value is -1.73. The molecule has 1 saturated heterocycles. The Labute approximate surface area is 122 Å². The van der Waals surface area contributed by atoms with Crippen molar-refractivity contribution in [2.45, 2.75) is 31.2 Å². The number of aromatic nitrogens is 1. The molecule has 2 heterocycles. The second-order valence-electron chi connectivity index (χ2n) is 5.40. The average Bonchev–Trinajstić information content (AvgIpc) is 3.07. The zero-order valence-corrected chi connectivity index (χ0v) is 11.6. The maximum absolute atomic E-state index is 10.0. The zero-order valence-electron chi connectivity index (χ0n) is 11.6. The fourth-order valence-electron chi connectivity index (χ4n) is 2.57. The van der Waals surface area contributed by atoms with Gasteiger partial charge >= 0.3 is 0 Å². The van der Waals surface area contributed by atoms with E-state index in [4.69, 9.17) is 9.63 Å². The van der Waals surface area contributed by atoms with Gasteiger partial charge in [0, 0.05) is 11.6 Å². The van der Waals surface area contributed by atoms with E-state index < -0.39 is 24.3 Å². The minimum Gasteiger partial charge on any atom is -0.395 e. The molecule has 0 amide bonds. The van der Waals surface area contributed by atoms with Crippen molar-refractivity contribution in [3.05, 3.63) is 41.7 Å². The highest BCUT2D eigenvalue weighted by Crippen LogP contribution is 2.30. The molecular formula is C15H18N2O4. The Morgan fingerprint density at radius 2 is 1.90 bits per heavy atom. The monoisotopic (exact) mass is 290 g/mol. The molecule has 4 atom stereocenters. The molecule has 21 heavy (non-hydrogen) atoms.